The number of nitrogens with zero attached hydrogens (tertiary/aromatic N) is 5. The van der Waals surface area contributed by atoms with Gasteiger partial charge in [0.25, 0.3) is 12.3 Å². The molecule has 0 bridgehead atoms. The molecule has 1 aromatic carbocycles. The Balaban J connectivity index is 1.69. The molecule has 0 fully saturated rings. The Kier molecular flexibility index (Phi) is 5.26. The SMILES string of the molecule is CCn1ncc(CNC(=O)c2cnn3c(C(F)F)cc(-c4ccccc4)nc23)c1C. The van der Waals surface area contributed by atoms with E-state index in [-0.39, 0.29) is 23.4 Å². The van der Waals surface area contributed by atoms with E-state index >= 15 is 0 Å². The van der Waals surface area contributed by atoms with Gasteiger partial charge in [-0.05, 0) is 19.9 Å². The molecule has 0 spiro atoms. The van der Waals surface area contributed by atoms with Crippen molar-refractivity contribution in [2.45, 2.75) is 33.4 Å². The van der Waals surface area contributed by atoms with Crippen molar-refractivity contribution >= 4 is 11.6 Å². The molecule has 0 aliphatic carbocycles. The number of aryl methyl sites for hydroxylation is 1. The third-order valence-electron chi connectivity index (χ3n) is 4.98. The summed E-state index contributed by atoms with van der Waals surface area (Å²) in [6, 6.07) is 10.3. The van der Waals surface area contributed by atoms with Crippen LogP contribution in [0, 0.1) is 6.92 Å². The van der Waals surface area contributed by atoms with Gasteiger partial charge < -0.3 is 5.32 Å². The first kappa shape index (κ1) is 19.7. The van der Waals surface area contributed by atoms with E-state index in [9.17, 15) is 13.6 Å². The molecule has 0 atom stereocenters. The molecule has 1 N–H and O–H groups in total. The van der Waals surface area contributed by atoms with Crippen LogP contribution in [0.15, 0.2) is 48.8 Å². The Labute approximate surface area is 171 Å². The monoisotopic (exact) mass is 410 g/mol. The minimum atomic E-state index is -2.77. The summed E-state index contributed by atoms with van der Waals surface area (Å²) < 4.78 is 30.2. The number of hydrogen-bond donors (Lipinski definition) is 1. The first-order valence-corrected chi connectivity index (χ1v) is 9.51. The number of alkyl halides is 2. The summed E-state index contributed by atoms with van der Waals surface area (Å²) in [5, 5.41) is 11.0. The van der Waals surface area contributed by atoms with Crippen molar-refractivity contribution in [3.63, 3.8) is 0 Å². The van der Waals surface area contributed by atoms with Crippen LogP contribution in [-0.2, 0) is 13.1 Å². The smallest absolute Gasteiger partial charge is 0.280 e. The zero-order valence-electron chi connectivity index (χ0n) is 16.5. The summed E-state index contributed by atoms with van der Waals surface area (Å²) >= 11 is 0. The van der Waals surface area contributed by atoms with Crippen LogP contribution in [0.3, 0.4) is 0 Å². The van der Waals surface area contributed by atoms with Gasteiger partial charge in [0.05, 0.1) is 18.1 Å². The number of hydrogen-bond acceptors (Lipinski definition) is 4. The van der Waals surface area contributed by atoms with Gasteiger partial charge in [0.15, 0.2) is 5.65 Å². The second kappa shape index (κ2) is 8.02. The molecule has 0 aliphatic heterocycles. The van der Waals surface area contributed by atoms with Crippen molar-refractivity contribution in [1.82, 2.24) is 29.7 Å². The highest BCUT2D eigenvalue weighted by Crippen LogP contribution is 2.26. The van der Waals surface area contributed by atoms with Crippen LogP contribution in [0.2, 0.25) is 0 Å². The van der Waals surface area contributed by atoms with E-state index in [1.807, 2.05) is 24.6 Å². The zero-order valence-corrected chi connectivity index (χ0v) is 16.5. The van der Waals surface area contributed by atoms with Crippen LogP contribution in [0.1, 0.15) is 40.7 Å². The van der Waals surface area contributed by atoms with Crippen LogP contribution in [0.25, 0.3) is 16.9 Å². The maximum atomic E-state index is 13.7. The van der Waals surface area contributed by atoms with Gasteiger partial charge in [-0.3, -0.25) is 9.48 Å². The van der Waals surface area contributed by atoms with Gasteiger partial charge in [0, 0.05) is 29.9 Å². The highest BCUT2D eigenvalue weighted by atomic mass is 19.3. The van der Waals surface area contributed by atoms with Crippen LogP contribution in [-0.4, -0.2) is 30.3 Å². The summed E-state index contributed by atoms with van der Waals surface area (Å²) in [4.78, 5) is 17.2. The lowest BCUT2D eigenvalue weighted by Crippen LogP contribution is -2.23. The fourth-order valence-corrected chi connectivity index (χ4v) is 3.31. The summed E-state index contributed by atoms with van der Waals surface area (Å²) in [7, 11) is 0. The Bertz CT molecular complexity index is 1200. The van der Waals surface area contributed by atoms with E-state index in [0.29, 0.717) is 11.3 Å². The number of benzene rings is 1. The van der Waals surface area contributed by atoms with Crippen molar-refractivity contribution in [1.29, 1.82) is 0 Å². The lowest BCUT2D eigenvalue weighted by molar-refractivity contribution is 0.0952. The molecule has 0 saturated carbocycles. The number of halogens is 2. The van der Waals surface area contributed by atoms with Crippen molar-refractivity contribution in [2.75, 3.05) is 0 Å². The Morgan fingerprint density at radius 2 is 1.93 bits per heavy atom. The van der Waals surface area contributed by atoms with Gasteiger partial charge in [0.1, 0.15) is 11.3 Å². The molecule has 0 saturated heterocycles. The quantitative estimate of drug-likeness (QED) is 0.525. The molecule has 3 aromatic heterocycles. The van der Waals surface area contributed by atoms with E-state index in [1.54, 1.807) is 30.5 Å². The molecule has 3 heterocycles. The number of nitrogens with one attached hydrogen (secondary N) is 1. The van der Waals surface area contributed by atoms with Crippen LogP contribution >= 0.6 is 0 Å². The largest absolute Gasteiger partial charge is 0.348 e. The Hall–Kier alpha value is -3.62. The fraction of sp³-hybridized carbons (Fsp3) is 0.238. The van der Waals surface area contributed by atoms with Gasteiger partial charge in [-0.2, -0.15) is 10.2 Å². The Morgan fingerprint density at radius 1 is 1.17 bits per heavy atom. The number of amides is 1. The molecule has 7 nitrogen and oxygen atoms in total. The first-order chi connectivity index (χ1) is 14.5. The normalized spacial score (nSPS) is 11.4. The molecule has 0 aliphatic rings. The average Bonchev–Trinajstić information content (AvgIpc) is 3.35. The molecular formula is C21H20F2N6O. The molecule has 9 heteroatoms. The fourth-order valence-electron chi connectivity index (χ4n) is 3.31. The molecule has 154 valence electrons. The van der Waals surface area contributed by atoms with E-state index in [2.05, 4.69) is 20.5 Å². The summed E-state index contributed by atoms with van der Waals surface area (Å²) in [5.74, 6) is -0.438. The van der Waals surface area contributed by atoms with E-state index in [0.717, 1.165) is 22.3 Å². The highest BCUT2D eigenvalue weighted by Gasteiger charge is 2.21. The van der Waals surface area contributed by atoms with Crippen molar-refractivity contribution in [3.05, 3.63) is 71.3 Å². The lowest BCUT2D eigenvalue weighted by Gasteiger charge is -2.09. The minimum absolute atomic E-state index is 0.0881. The minimum Gasteiger partial charge on any atom is -0.348 e. The summed E-state index contributed by atoms with van der Waals surface area (Å²) in [6.07, 6.45) is 0.201. The van der Waals surface area contributed by atoms with Crippen LogP contribution in [0.5, 0.6) is 0 Å². The molecule has 0 radical (unpaired) electrons. The second-order valence-corrected chi connectivity index (χ2v) is 6.78. The van der Waals surface area contributed by atoms with Crippen LogP contribution in [0.4, 0.5) is 8.78 Å². The van der Waals surface area contributed by atoms with Gasteiger partial charge in [0.2, 0.25) is 0 Å². The van der Waals surface area contributed by atoms with Crippen molar-refractivity contribution < 1.29 is 13.6 Å². The predicted molar refractivity (Wildman–Crippen MR) is 107 cm³/mol. The molecular weight excluding hydrogens is 390 g/mol. The topological polar surface area (TPSA) is 77.1 Å². The molecule has 4 aromatic rings. The predicted octanol–water partition coefficient (Wildman–Crippen LogP) is 3.79. The van der Waals surface area contributed by atoms with Gasteiger partial charge in [-0.25, -0.2) is 18.3 Å². The van der Waals surface area contributed by atoms with Crippen molar-refractivity contribution in [2.24, 2.45) is 0 Å². The standard InChI is InChI=1S/C21H20F2N6O/c1-3-28-13(2)15(11-25-28)10-24-21(30)16-12-26-29-18(19(22)23)9-17(27-20(16)29)14-7-5-4-6-8-14/h4-9,11-12,19H,3,10H2,1-2H3,(H,24,30). The van der Waals surface area contributed by atoms with E-state index < -0.39 is 12.3 Å². The first-order valence-electron chi connectivity index (χ1n) is 9.51. The number of rotatable bonds is 6. The second-order valence-electron chi connectivity index (χ2n) is 6.78. The van der Waals surface area contributed by atoms with E-state index in [4.69, 9.17) is 0 Å². The highest BCUT2D eigenvalue weighted by molar-refractivity contribution is 5.99. The van der Waals surface area contributed by atoms with Crippen molar-refractivity contribution in [3.8, 4) is 11.3 Å². The number of aromatic nitrogens is 5. The molecule has 30 heavy (non-hydrogen) atoms. The third-order valence-corrected chi connectivity index (χ3v) is 4.98. The molecule has 4 rings (SSSR count). The number of carbonyl (C=O) groups excluding carboxylic acids is 1. The average molecular weight is 410 g/mol. The van der Waals surface area contributed by atoms with Gasteiger partial charge in [-0.1, -0.05) is 30.3 Å². The van der Waals surface area contributed by atoms with Gasteiger partial charge >= 0.3 is 0 Å². The number of fused-ring (bicyclic) bond motifs is 1. The van der Waals surface area contributed by atoms with Gasteiger partial charge in [-0.15, -0.1) is 0 Å². The summed E-state index contributed by atoms with van der Waals surface area (Å²) in [5.41, 5.74) is 2.78. The maximum absolute atomic E-state index is 13.7. The maximum Gasteiger partial charge on any atom is 0.280 e. The summed E-state index contributed by atoms with van der Waals surface area (Å²) in [6.45, 7) is 4.91. The lowest BCUT2D eigenvalue weighted by atomic mass is 10.1. The molecule has 1 amide bonds. The molecule has 0 unspecified atom stereocenters. The third kappa shape index (κ3) is 3.54. The zero-order chi connectivity index (χ0) is 21.3. The van der Waals surface area contributed by atoms with E-state index in [1.165, 1.54) is 12.3 Å². The number of carbonyl (C=O) groups is 1. The van der Waals surface area contributed by atoms with Crippen LogP contribution < -0.4 is 5.32 Å². The Morgan fingerprint density at radius 3 is 2.60 bits per heavy atom.